The first-order valence-corrected chi connectivity index (χ1v) is 4.07. The van der Waals surface area contributed by atoms with Gasteiger partial charge in [0, 0.05) is 11.8 Å². The SMILES string of the molecule is Br.Oc1cccc(-c2ccccn2)c1. The minimum atomic E-state index is 0. The van der Waals surface area contributed by atoms with Gasteiger partial charge in [-0.1, -0.05) is 18.2 Å². The molecule has 1 aromatic carbocycles. The van der Waals surface area contributed by atoms with Gasteiger partial charge in [-0.2, -0.15) is 0 Å². The molecule has 0 spiro atoms. The minimum Gasteiger partial charge on any atom is -0.508 e. The lowest BCUT2D eigenvalue weighted by Gasteiger charge is -1.99. The number of aromatic hydroxyl groups is 1. The third-order valence-electron chi connectivity index (χ3n) is 1.81. The molecule has 1 aromatic heterocycles. The zero-order valence-corrected chi connectivity index (χ0v) is 9.13. The van der Waals surface area contributed by atoms with E-state index in [0.29, 0.717) is 0 Å². The molecule has 0 radical (unpaired) electrons. The van der Waals surface area contributed by atoms with E-state index in [1.54, 1.807) is 24.4 Å². The van der Waals surface area contributed by atoms with Crippen molar-refractivity contribution in [1.29, 1.82) is 0 Å². The smallest absolute Gasteiger partial charge is 0.116 e. The number of hydrogen-bond donors (Lipinski definition) is 1. The standard InChI is InChI=1S/C11H9NO.BrH/c13-10-5-3-4-9(8-10)11-6-1-2-7-12-11;/h1-8,13H;1H. The molecule has 0 aliphatic rings. The Kier molecular flexibility index (Phi) is 3.65. The predicted octanol–water partition coefficient (Wildman–Crippen LogP) is 3.03. The number of hydrogen-bond acceptors (Lipinski definition) is 2. The van der Waals surface area contributed by atoms with E-state index in [-0.39, 0.29) is 22.7 Å². The van der Waals surface area contributed by atoms with Gasteiger partial charge >= 0.3 is 0 Å². The van der Waals surface area contributed by atoms with Gasteiger partial charge in [-0.15, -0.1) is 17.0 Å². The number of halogens is 1. The highest BCUT2D eigenvalue weighted by molar-refractivity contribution is 8.93. The van der Waals surface area contributed by atoms with Crippen molar-refractivity contribution in [3.05, 3.63) is 48.7 Å². The van der Waals surface area contributed by atoms with Crippen LogP contribution in [0.3, 0.4) is 0 Å². The van der Waals surface area contributed by atoms with Crippen molar-refractivity contribution in [2.45, 2.75) is 0 Å². The molecule has 1 heterocycles. The van der Waals surface area contributed by atoms with Crippen LogP contribution in [0.15, 0.2) is 48.7 Å². The molecule has 3 heteroatoms. The molecular formula is C11H10BrNO. The average Bonchev–Trinajstić information content (AvgIpc) is 2.19. The average molecular weight is 252 g/mol. The molecule has 2 nitrogen and oxygen atoms in total. The van der Waals surface area contributed by atoms with Crippen LogP contribution in [-0.4, -0.2) is 10.1 Å². The summed E-state index contributed by atoms with van der Waals surface area (Å²) >= 11 is 0. The normalized spacial score (nSPS) is 9.14. The zero-order chi connectivity index (χ0) is 9.10. The molecule has 2 rings (SSSR count). The summed E-state index contributed by atoms with van der Waals surface area (Å²) in [5.41, 5.74) is 1.80. The van der Waals surface area contributed by atoms with Gasteiger partial charge in [0.1, 0.15) is 5.75 Å². The van der Waals surface area contributed by atoms with Crippen molar-refractivity contribution in [2.24, 2.45) is 0 Å². The van der Waals surface area contributed by atoms with Crippen molar-refractivity contribution in [3.63, 3.8) is 0 Å². The van der Waals surface area contributed by atoms with Crippen molar-refractivity contribution in [1.82, 2.24) is 4.98 Å². The monoisotopic (exact) mass is 251 g/mol. The summed E-state index contributed by atoms with van der Waals surface area (Å²) in [4.78, 5) is 4.18. The Labute approximate surface area is 93.0 Å². The quantitative estimate of drug-likeness (QED) is 0.846. The summed E-state index contributed by atoms with van der Waals surface area (Å²) in [6.45, 7) is 0. The third-order valence-corrected chi connectivity index (χ3v) is 1.81. The molecule has 14 heavy (non-hydrogen) atoms. The molecular weight excluding hydrogens is 242 g/mol. The molecule has 0 fully saturated rings. The first-order valence-electron chi connectivity index (χ1n) is 4.07. The molecule has 0 atom stereocenters. The number of nitrogens with zero attached hydrogens (tertiary/aromatic N) is 1. The summed E-state index contributed by atoms with van der Waals surface area (Å²) in [7, 11) is 0. The fourth-order valence-electron chi connectivity index (χ4n) is 1.20. The van der Waals surface area contributed by atoms with E-state index in [4.69, 9.17) is 0 Å². The van der Waals surface area contributed by atoms with Gasteiger partial charge in [-0.05, 0) is 24.3 Å². The van der Waals surface area contributed by atoms with Gasteiger partial charge in [-0.25, -0.2) is 0 Å². The van der Waals surface area contributed by atoms with Crippen molar-refractivity contribution in [2.75, 3.05) is 0 Å². The van der Waals surface area contributed by atoms with E-state index in [2.05, 4.69) is 4.98 Å². The Morgan fingerprint density at radius 1 is 1.00 bits per heavy atom. The van der Waals surface area contributed by atoms with Gasteiger partial charge < -0.3 is 5.11 Å². The molecule has 0 saturated carbocycles. The summed E-state index contributed by atoms with van der Waals surface area (Å²) in [5, 5.41) is 9.25. The van der Waals surface area contributed by atoms with Crippen molar-refractivity contribution in [3.8, 4) is 17.0 Å². The van der Waals surface area contributed by atoms with Crippen LogP contribution in [0.1, 0.15) is 0 Å². The van der Waals surface area contributed by atoms with E-state index in [0.717, 1.165) is 11.3 Å². The van der Waals surface area contributed by atoms with Crippen molar-refractivity contribution < 1.29 is 5.11 Å². The molecule has 0 amide bonds. The first-order chi connectivity index (χ1) is 6.36. The maximum absolute atomic E-state index is 9.25. The van der Waals surface area contributed by atoms with Gasteiger partial charge in [0.2, 0.25) is 0 Å². The third kappa shape index (κ3) is 2.33. The van der Waals surface area contributed by atoms with Crippen LogP contribution in [-0.2, 0) is 0 Å². The van der Waals surface area contributed by atoms with Gasteiger partial charge in [0.05, 0.1) is 5.69 Å². The molecule has 0 saturated heterocycles. The maximum atomic E-state index is 9.25. The topological polar surface area (TPSA) is 33.1 Å². The Morgan fingerprint density at radius 2 is 1.86 bits per heavy atom. The van der Waals surface area contributed by atoms with E-state index < -0.39 is 0 Å². The summed E-state index contributed by atoms with van der Waals surface area (Å²) in [5.74, 6) is 0.267. The van der Waals surface area contributed by atoms with Crippen LogP contribution >= 0.6 is 17.0 Å². The number of benzene rings is 1. The Balaban J connectivity index is 0.000000980. The number of phenolic OH excluding ortho intramolecular Hbond substituents is 1. The first kappa shape index (κ1) is 10.7. The molecule has 0 bridgehead atoms. The second kappa shape index (κ2) is 4.77. The highest BCUT2D eigenvalue weighted by Crippen LogP contribution is 2.20. The molecule has 2 aromatic rings. The summed E-state index contributed by atoms with van der Waals surface area (Å²) < 4.78 is 0. The van der Waals surface area contributed by atoms with Gasteiger partial charge in [-0.3, -0.25) is 4.98 Å². The van der Waals surface area contributed by atoms with Gasteiger partial charge in [0.15, 0.2) is 0 Å². The fraction of sp³-hybridized carbons (Fsp3) is 0. The number of rotatable bonds is 1. The number of aromatic nitrogens is 1. The minimum absolute atomic E-state index is 0. The largest absolute Gasteiger partial charge is 0.508 e. The zero-order valence-electron chi connectivity index (χ0n) is 7.42. The second-order valence-corrected chi connectivity index (χ2v) is 2.77. The van der Waals surface area contributed by atoms with Crippen LogP contribution in [0.2, 0.25) is 0 Å². The molecule has 72 valence electrons. The number of pyridine rings is 1. The maximum Gasteiger partial charge on any atom is 0.116 e. The van der Waals surface area contributed by atoms with Crippen LogP contribution in [0.5, 0.6) is 5.75 Å². The predicted molar refractivity (Wildman–Crippen MR) is 61.7 cm³/mol. The lowest BCUT2D eigenvalue weighted by Crippen LogP contribution is -1.80. The summed E-state index contributed by atoms with van der Waals surface area (Å²) in [6, 6.07) is 12.8. The van der Waals surface area contributed by atoms with E-state index in [9.17, 15) is 5.11 Å². The fourth-order valence-corrected chi connectivity index (χ4v) is 1.20. The van der Waals surface area contributed by atoms with Crippen LogP contribution < -0.4 is 0 Å². The second-order valence-electron chi connectivity index (χ2n) is 2.77. The van der Waals surface area contributed by atoms with Crippen molar-refractivity contribution >= 4 is 17.0 Å². The van der Waals surface area contributed by atoms with Gasteiger partial charge in [0.25, 0.3) is 0 Å². The molecule has 0 unspecified atom stereocenters. The Morgan fingerprint density at radius 3 is 2.50 bits per heavy atom. The highest BCUT2D eigenvalue weighted by Gasteiger charge is 1.97. The lowest BCUT2D eigenvalue weighted by atomic mass is 10.1. The van der Waals surface area contributed by atoms with Crippen LogP contribution in [0, 0.1) is 0 Å². The Hall–Kier alpha value is -1.35. The molecule has 0 aliphatic heterocycles. The van der Waals surface area contributed by atoms with E-state index >= 15 is 0 Å². The lowest BCUT2D eigenvalue weighted by molar-refractivity contribution is 0.475. The van der Waals surface area contributed by atoms with E-state index in [1.165, 1.54) is 0 Å². The molecule has 0 aliphatic carbocycles. The summed E-state index contributed by atoms with van der Waals surface area (Å²) in [6.07, 6.45) is 1.74. The van der Waals surface area contributed by atoms with Crippen LogP contribution in [0.25, 0.3) is 11.3 Å². The highest BCUT2D eigenvalue weighted by atomic mass is 79.9. The number of phenols is 1. The Bertz CT molecular complexity index is 403. The molecule has 1 N–H and O–H groups in total. The van der Waals surface area contributed by atoms with Crippen LogP contribution in [0.4, 0.5) is 0 Å². The van der Waals surface area contributed by atoms with E-state index in [1.807, 2.05) is 24.3 Å².